The standard InChI is InChI=1S/C23H30N2O3S/c1-17(2)19-9-7-18(8-10-19)16-25(20-11-13-21(27-3)14-12-20)23(29)24-15-5-6-22(26)28-4/h7-14,17H,5-6,15-16H2,1-4H3,(H,24,29). The third kappa shape index (κ3) is 7.06. The Labute approximate surface area is 179 Å². The Morgan fingerprint density at radius 1 is 1.07 bits per heavy atom. The van der Waals surface area contributed by atoms with Crippen molar-refractivity contribution >= 4 is 29.0 Å². The lowest BCUT2D eigenvalue weighted by Crippen LogP contribution is -2.40. The summed E-state index contributed by atoms with van der Waals surface area (Å²) in [5.74, 6) is 1.08. The molecule has 2 aromatic carbocycles. The van der Waals surface area contributed by atoms with Crippen molar-refractivity contribution in [1.29, 1.82) is 0 Å². The molecule has 2 rings (SSSR count). The Morgan fingerprint density at radius 3 is 2.28 bits per heavy atom. The van der Waals surface area contributed by atoms with E-state index < -0.39 is 0 Å². The number of nitrogens with zero attached hydrogens (tertiary/aromatic N) is 1. The number of thiocarbonyl (C=S) groups is 1. The van der Waals surface area contributed by atoms with E-state index in [4.69, 9.17) is 17.0 Å². The van der Waals surface area contributed by atoms with Crippen molar-refractivity contribution in [3.63, 3.8) is 0 Å². The Hall–Kier alpha value is -2.60. The molecule has 0 bridgehead atoms. The number of methoxy groups -OCH3 is 2. The van der Waals surface area contributed by atoms with Crippen LogP contribution in [0.25, 0.3) is 0 Å². The molecule has 0 aromatic heterocycles. The van der Waals surface area contributed by atoms with Crippen molar-refractivity contribution in [2.45, 2.75) is 39.2 Å². The van der Waals surface area contributed by atoms with Crippen LogP contribution < -0.4 is 15.0 Å². The van der Waals surface area contributed by atoms with Crippen molar-refractivity contribution in [2.75, 3.05) is 25.7 Å². The molecule has 6 heteroatoms. The maximum absolute atomic E-state index is 11.3. The summed E-state index contributed by atoms with van der Waals surface area (Å²) in [6, 6.07) is 16.4. The van der Waals surface area contributed by atoms with Gasteiger partial charge in [0.1, 0.15) is 5.75 Å². The van der Waals surface area contributed by atoms with Crippen LogP contribution in [0.4, 0.5) is 5.69 Å². The van der Waals surface area contributed by atoms with Gasteiger partial charge in [-0.3, -0.25) is 4.79 Å². The number of ether oxygens (including phenoxy) is 2. The highest BCUT2D eigenvalue weighted by molar-refractivity contribution is 7.80. The number of rotatable bonds is 9. The van der Waals surface area contributed by atoms with E-state index in [0.29, 0.717) is 37.0 Å². The van der Waals surface area contributed by atoms with Gasteiger partial charge in [0.05, 0.1) is 20.8 Å². The van der Waals surface area contributed by atoms with Crippen molar-refractivity contribution in [3.8, 4) is 5.75 Å². The number of anilines is 1. The largest absolute Gasteiger partial charge is 0.497 e. The molecule has 29 heavy (non-hydrogen) atoms. The predicted molar refractivity (Wildman–Crippen MR) is 122 cm³/mol. The molecule has 0 atom stereocenters. The molecule has 0 spiro atoms. The molecule has 5 nitrogen and oxygen atoms in total. The lowest BCUT2D eigenvalue weighted by atomic mass is 10.0. The minimum atomic E-state index is -0.213. The fraction of sp³-hybridized carbons (Fsp3) is 0.391. The first kappa shape index (κ1) is 22.7. The molecule has 0 aliphatic rings. The van der Waals surface area contributed by atoms with Crippen molar-refractivity contribution in [1.82, 2.24) is 5.32 Å². The van der Waals surface area contributed by atoms with E-state index in [1.54, 1.807) is 7.11 Å². The van der Waals surface area contributed by atoms with Gasteiger partial charge in [-0.05, 0) is 59.9 Å². The molecule has 0 radical (unpaired) electrons. The second kappa shape index (κ2) is 11.4. The Balaban J connectivity index is 2.11. The summed E-state index contributed by atoms with van der Waals surface area (Å²) in [5, 5.41) is 3.88. The smallest absolute Gasteiger partial charge is 0.305 e. The second-order valence-electron chi connectivity index (χ2n) is 7.09. The van der Waals surface area contributed by atoms with E-state index in [9.17, 15) is 4.79 Å². The van der Waals surface area contributed by atoms with Crippen LogP contribution in [0.1, 0.15) is 43.7 Å². The third-order valence-electron chi connectivity index (χ3n) is 4.68. The molecule has 0 saturated carbocycles. The number of benzene rings is 2. The summed E-state index contributed by atoms with van der Waals surface area (Å²) in [5.41, 5.74) is 3.46. The quantitative estimate of drug-likeness (QED) is 0.366. The van der Waals surface area contributed by atoms with Crippen LogP contribution in [0.3, 0.4) is 0 Å². The molecule has 0 aliphatic heterocycles. The zero-order valence-electron chi connectivity index (χ0n) is 17.6. The monoisotopic (exact) mass is 414 g/mol. The zero-order valence-corrected chi connectivity index (χ0v) is 18.4. The number of carbonyl (C=O) groups is 1. The maximum Gasteiger partial charge on any atom is 0.305 e. The highest BCUT2D eigenvalue weighted by atomic mass is 32.1. The molecule has 0 heterocycles. The van der Waals surface area contributed by atoms with E-state index in [1.165, 1.54) is 18.2 Å². The number of nitrogens with one attached hydrogen (secondary N) is 1. The molecular formula is C23H30N2O3S. The van der Waals surface area contributed by atoms with Gasteiger partial charge in [-0.15, -0.1) is 0 Å². The first-order chi connectivity index (χ1) is 13.9. The molecule has 2 aromatic rings. The highest BCUT2D eigenvalue weighted by Crippen LogP contribution is 2.22. The van der Waals surface area contributed by atoms with E-state index >= 15 is 0 Å². The van der Waals surface area contributed by atoms with E-state index in [0.717, 1.165) is 11.4 Å². The second-order valence-corrected chi connectivity index (χ2v) is 7.48. The molecular weight excluding hydrogens is 384 g/mol. The van der Waals surface area contributed by atoms with Gasteiger partial charge in [0.25, 0.3) is 0 Å². The average molecular weight is 415 g/mol. The number of esters is 1. The SMILES string of the molecule is COC(=O)CCCNC(=S)N(Cc1ccc(C(C)C)cc1)c1ccc(OC)cc1. The Morgan fingerprint density at radius 2 is 1.72 bits per heavy atom. The minimum absolute atomic E-state index is 0.213. The molecule has 0 aliphatic carbocycles. The van der Waals surface area contributed by atoms with Crippen molar-refractivity contribution in [3.05, 3.63) is 59.7 Å². The predicted octanol–water partition coefficient (Wildman–Crippen LogP) is 4.65. The topological polar surface area (TPSA) is 50.8 Å². The fourth-order valence-electron chi connectivity index (χ4n) is 2.86. The van der Waals surface area contributed by atoms with Gasteiger partial charge in [0, 0.05) is 18.7 Å². The Kier molecular flexibility index (Phi) is 8.93. The summed E-state index contributed by atoms with van der Waals surface area (Å²) in [7, 11) is 3.05. The third-order valence-corrected chi connectivity index (χ3v) is 5.04. The summed E-state index contributed by atoms with van der Waals surface area (Å²) >= 11 is 5.66. The van der Waals surface area contributed by atoms with Gasteiger partial charge in [0.2, 0.25) is 0 Å². The first-order valence-electron chi connectivity index (χ1n) is 9.79. The van der Waals surface area contributed by atoms with E-state index in [2.05, 4.69) is 53.1 Å². The highest BCUT2D eigenvalue weighted by Gasteiger charge is 2.14. The number of carbonyl (C=O) groups excluding carboxylic acids is 1. The van der Waals surface area contributed by atoms with Gasteiger partial charge in [0.15, 0.2) is 5.11 Å². The summed E-state index contributed by atoms with van der Waals surface area (Å²) in [6.07, 6.45) is 1.03. The lowest BCUT2D eigenvalue weighted by molar-refractivity contribution is -0.140. The van der Waals surface area contributed by atoms with Crippen molar-refractivity contribution in [2.24, 2.45) is 0 Å². The van der Waals surface area contributed by atoms with Crippen LogP contribution in [0.5, 0.6) is 5.75 Å². The summed E-state index contributed by atoms with van der Waals surface area (Å²) in [6.45, 7) is 5.62. The van der Waals surface area contributed by atoms with E-state index in [-0.39, 0.29) is 5.97 Å². The van der Waals surface area contributed by atoms with Crippen LogP contribution in [0.15, 0.2) is 48.5 Å². The summed E-state index contributed by atoms with van der Waals surface area (Å²) in [4.78, 5) is 13.3. The van der Waals surface area contributed by atoms with Crippen molar-refractivity contribution < 1.29 is 14.3 Å². The van der Waals surface area contributed by atoms with Crippen LogP contribution in [0, 0.1) is 0 Å². The molecule has 0 amide bonds. The number of hydrogen-bond donors (Lipinski definition) is 1. The molecule has 0 saturated heterocycles. The lowest BCUT2D eigenvalue weighted by Gasteiger charge is -2.26. The minimum Gasteiger partial charge on any atom is -0.497 e. The van der Waals surface area contributed by atoms with Crippen LogP contribution >= 0.6 is 12.2 Å². The molecule has 0 fully saturated rings. The number of hydrogen-bond acceptors (Lipinski definition) is 4. The van der Waals surface area contributed by atoms with Gasteiger partial charge in [-0.1, -0.05) is 38.1 Å². The zero-order chi connectivity index (χ0) is 21.2. The van der Waals surface area contributed by atoms with E-state index in [1.807, 2.05) is 24.3 Å². The van der Waals surface area contributed by atoms with Gasteiger partial charge in [-0.2, -0.15) is 0 Å². The average Bonchev–Trinajstić information content (AvgIpc) is 2.75. The maximum atomic E-state index is 11.3. The van der Waals surface area contributed by atoms with Crippen LogP contribution in [-0.2, 0) is 16.1 Å². The van der Waals surface area contributed by atoms with Crippen LogP contribution in [-0.4, -0.2) is 31.8 Å². The molecule has 0 unspecified atom stereocenters. The van der Waals surface area contributed by atoms with Crippen LogP contribution in [0.2, 0.25) is 0 Å². The fourth-order valence-corrected chi connectivity index (χ4v) is 3.13. The van der Waals surface area contributed by atoms with Gasteiger partial charge in [-0.25, -0.2) is 0 Å². The van der Waals surface area contributed by atoms with Gasteiger partial charge < -0.3 is 19.7 Å². The molecule has 156 valence electrons. The summed E-state index contributed by atoms with van der Waals surface area (Å²) < 4.78 is 9.94. The molecule has 1 N–H and O–H groups in total. The normalized spacial score (nSPS) is 10.5. The first-order valence-corrected chi connectivity index (χ1v) is 10.2. The van der Waals surface area contributed by atoms with Gasteiger partial charge >= 0.3 is 5.97 Å². The Bertz CT molecular complexity index is 789.